The van der Waals surface area contributed by atoms with Gasteiger partial charge in [-0.2, -0.15) is 0 Å². The molecule has 3 heterocycles. The summed E-state index contributed by atoms with van der Waals surface area (Å²) in [7, 11) is 1.67. The molecule has 1 aliphatic rings. The van der Waals surface area contributed by atoms with Crippen molar-refractivity contribution in [3.63, 3.8) is 0 Å². The van der Waals surface area contributed by atoms with Crippen molar-refractivity contribution in [2.45, 2.75) is 39.0 Å². The fourth-order valence-electron chi connectivity index (χ4n) is 3.03. The van der Waals surface area contributed by atoms with Crippen LogP contribution >= 0.6 is 11.3 Å². The van der Waals surface area contributed by atoms with Crippen LogP contribution in [0.15, 0.2) is 11.4 Å². The Hall–Kier alpha value is -1.62. The fourth-order valence-corrected chi connectivity index (χ4v) is 4.18. The molecule has 0 radical (unpaired) electrons. The Kier molecular flexibility index (Phi) is 4.34. The number of carbonyl (C=O) groups is 1. The molecule has 2 aromatic rings. The second-order valence-electron chi connectivity index (χ2n) is 6.18. The summed E-state index contributed by atoms with van der Waals surface area (Å²) in [4.78, 5) is 19.3. The molecule has 0 bridgehead atoms. The molecule has 1 N–H and O–H groups in total. The van der Waals surface area contributed by atoms with E-state index < -0.39 is 0 Å². The molecule has 0 aromatic carbocycles. The van der Waals surface area contributed by atoms with Gasteiger partial charge in [-0.1, -0.05) is 13.8 Å². The molecule has 3 rings (SSSR count). The van der Waals surface area contributed by atoms with E-state index in [1.165, 1.54) is 24.8 Å². The monoisotopic (exact) mass is 317 g/mol. The van der Waals surface area contributed by atoms with Crippen molar-refractivity contribution in [1.82, 2.24) is 10.3 Å². The van der Waals surface area contributed by atoms with Gasteiger partial charge in [-0.3, -0.25) is 4.79 Å². The minimum absolute atomic E-state index is 0.0516. The number of hydrogen-bond acceptors (Lipinski definition) is 4. The third kappa shape index (κ3) is 2.70. The largest absolute Gasteiger partial charge is 0.357 e. The van der Waals surface area contributed by atoms with Crippen LogP contribution < -0.4 is 10.2 Å². The number of nitrogens with zero attached hydrogens (tertiary/aromatic N) is 2. The molecule has 22 heavy (non-hydrogen) atoms. The van der Waals surface area contributed by atoms with E-state index in [-0.39, 0.29) is 5.91 Å². The minimum atomic E-state index is -0.0516. The summed E-state index contributed by atoms with van der Waals surface area (Å²) in [5.74, 6) is 1.40. The van der Waals surface area contributed by atoms with Gasteiger partial charge in [-0.15, -0.1) is 11.3 Å². The summed E-state index contributed by atoms with van der Waals surface area (Å²) in [6.07, 6.45) is 3.75. The van der Waals surface area contributed by atoms with Crippen LogP contribution in [0.25, 0.3) is 10.2 Å². The molecule has 1 saturated heterocycles. The van der Waals surface area contributed by atoms with Crippen molar-refractivity contribution in [2.24, 2.45) is 0 Å². The molecule has 0 unspecified atom stereocenters. The standard InChI is InChI=1S/C17H23N3OS/c1-11(2)12-9-14(20-7-5-4-6-8-20)19-15-13(17(21)18-3)10-22-16(12)15/h9-11H,4-8H2,1-3H3,(H,18,21). The van der Waals surface area contributed by atoms with Crippen LogP contribution in [-0.4, -0.2) is 31.0 Å². The highest BCUT2D eigenvalue weighted by Gasteiger charge is 2.20. The van der Waals surface area contributed by atoms with Crippen molar-refractivity contribution < 1.29 is 4.79 Å². The Balaban J connectivity index is 2.14. The molecule has 0 aliphatic carbocycles. The summed E-state index contributed by atoms with van der Waals surface area (Å²) >= 11 is 1.63. The Labute approximate surface area is 135 Å². The van der Waals surface area contributed by atoms with Gasteiger partial charge < -0.3 is 10.2 Å². The highest BCUT2D eigenvalue weighted by molar-refractivity contribution is 7.17. The maximum absolute atomic E-state index is 12.1. The lowest BCUT2D eigenvalue weighted by Crippen LogP contribution is -2.30. The summed E-state index contributed by atoms with van der Waals surface area (Å²) in [5.41, 5.74) is 2.85. The van der Waals surface area contributed by atoms with E-state index in [9.17, 15) is 4.79 Å². The highest BCUT2D eigenvalue weighted by Crippen LogP contribution is 2.35. The molecule has 1 aliphatic heterocycles. The maximum atomic E-state index is 12.1. The van der Waals surface area contributed by atoms with Crippen molar-refractivity contribution >= 4 is 33.3 Å². The van der Waals surface area contributed by atoms with Crippen LogP contribution in [0.1, 0.15) is 54.9 Å². The first-order valence-corrected chi connectivity index (χ1v) is 8.89. The quantitative estimate of drug-likeness (QED) is 0.937. The molecule has 0 atom stereocenters. The lowest BCUT2D eigenvalue weighted by Gasteiger charge is -2.28. The normalized spacial score (nSPS) is 15.5. The zero-order valence-corrected chi connectivity index (χ0v) is 14.3. The Morgan fingerprint density at radius 1 is 1.32 bits per heavy atom. The molecule has 2 aromatic heterocycles. The van der Waals surface area contributed by atoms with Crippen molar-refractivity contribution in [3.05, 3.63) is 22.6 Å². The average molecular weight is 317 g/mol. The third-order valence-electron chi connectivity index (χ3n) is 4.31. The van der Waals surface area contributed by atoms with Crippen LogP contribution in [0.5, 0.6) is 0 Å². The second kappa shape index (κ2) is 6.24. The molecule has 5 heteroatoms. The predicted molar refractivity (Wildman–Crippen MR) is 93.2 cm³/mol. The Morgan fingerprint density at radius 3 is 2.68 bits per heavy atom. The van der Waals surface area contributed by atoms with E-state index in [0.29, 0.717) is 11.5 Å². The number of aromatic nitrogens is 1. The smallest absolute Gasteiger partial charge is 0.254 e. The van der Waals surface area contributed by atoms with Crippen LogP contribution in [-0.2, 0) is 0 Å². The van der Waals surface area contributed by atoms with E-state index in [2.05, 4.69) is 30.1 Å². The Morgan fingerprint density at radius 2 is 2.05 bits per heavy atom. The number of fused-ring (bicyclic) bond motifs is 1. The van der Waals surface area contributed by atoms with Gasteiger partial charge in [0.25, 0.3) is 5.91 Å². The summed E-state index contributed by atoms with van der Waals surface area (Å²) in [6, 6.07) is 2.22. The van der Waals surface area contributed by atoms with Crippen LogP contribution in [0.2, 0.25) is 0 Å². The lowest BCUT2D eigenvalue weighted by molar-refractivity contribution is 0.0965. The third-order valence-corrected chi connectivity index (χ3v) is 5.33. The molecular formula is C17H23N3OS. The van der Waals surface area contributed by atoms with Gasteiger partial charge >= 0.3 is 0 Å². The van der Waals surface area contributed by atoms with Gasteiger partial charge in [-0.05, 0) is 36.8 Å². The van der Waals surface area contributed by atoms with E-state index in [4.69, 9.17) is 4.98 Å². The van der Waals surface area contributed by atoms with Crippen molar-refractivity contribution in [3.8, 4) is 0 Å². The zero-order valence-electron chi connectivity index (χ0n) is 13.5. The molecule has 0 spiro atoms. The van der Waals surface area contributed by atoms with Gasteiger partial charge in [0, 0.05) is 25.5 Å². The van der Waals surface area contributed by atoms with Crippen LogP contribution in [0, 0.1) is 0 Å². The number of piperidine rings is 1. The predicted octanol–water partition coefficient (Wildman–Crippen LogP) is 3.77. The van der Waals surface area contributed by atoms with E-state index >= 15 is 0 Å². The topological polar surface area (TPSA) is 45.2 Å². The van der Waals surface area contributed by atoms with Crippen molar-refractivity contribution in [1.29, 1.82) is 0 Å². The summed E-state index contributed by atoms with van der Waals surface area (Å²) in [5, 5.41) is 4.65. The first-order chi connectivity index (χ1) is 10.6. The van der Waals surface area contributed by atoms with Gasteiger partial charge in [0.2, 0.25) is 0 Å². The van der Waals surface area contributed by atoms with Gasteiger partial charge in [0.1, 0.15) is 5.82 Å². The number of nitrogens with one attached hydrogen (secondary N) is 1. The van der Waals surface area contributed by atoms with E-state index in [1.54, 1.807) is 18.4 Å². The number of rotatable bonds is 3. The zero-order chi connectivity index (χ0) is 15.7. The fraction of sp³-hybridized carbons (Fsp3) is 0.529. The van der Waals surface area contributed by atoms with Crippen molar-refractivity contribution in [2.75, 3.05) is 25.0 Å². The summed E-state index contributed by atoms with van der Waals surface area (Å²) in [6.45, 7) is 6.53. The highest BCUT2D eigenvalue weighted by atomic mass is 32.1. The van der Waals surface area contributed by atoms with E-state index in [0.717, 1.165) is 29.1 Å². The second-order valence-corrected chi connectivity index (χ2v) is 7.06. The first-order valence-electron chi connectivity index (χ1n) is 8.01. The number of pyridine rings is 1. The minimum Gasteiger partial charge on any atom is -0.357 e. The average Bonchev–Trinajstić information content (AvgIpc) is 2.97. The molecule has 0 saturated carbocycles. The number of thiophene rings is 1. The Bertz CT molecular complexity index is 687. The van der Waals surface area contributed by atoms with Gasteiger partial charge in [-0.25, -0.2) is 4.98 Å². The molecule has 1 fully saturated rings. The number of anilines is 1. The van der Waals surface area contributed by atoms with E-state index in [1.807, 2.05) is 5.38 Å². The molecule has 4 nitrogen and oxygen atoms in total. The number of amides is 1. The molecule has 1 amide bonds. The maximum Gasteiger partial charge on any atom is 0.254 e. The first kappa shape index (κ1) is 15.3. The lowest BCUT2D eigenvalue weighted by atomic mass is 10.0. The number of carbonyl (C=O) groups excluding carboxylic acids is 1. The number of hydrogen-bond donors (Lipinski definition) is 1. The van der Waals surface area contributed by atoms with Crippen LogP contribution in [0.4, 0.5) is 5.82 Å². The van der Waals surface area contributed by atoms with Crippen LogP contribution in [0.3, 0.4) is 0 Å². The van der Waals surface area contributed by atoms with Gasteiger partial charge in [0.05, 0.1) is 15.8 Å². The summed E-state index contributed by atoms with van der Waals surface area (Å²) < 4.78 is 1.15. The molecular weight excluding hydrogens is 294 g/mol. The SMILES string of the molecule is CNC(=O)c1csc2c(C(C)C)cc(N3CCCCC3)nc12. The molecule has 118 valence electrons. The van der Waals surface area contributed by atoms with Gasteiger partial charge in [0.15, 0.2) is 0 Å².